The lowest BCUT2D eigenvalue weighted by Crippen LogP contribution is -2.25. The fourth-order valence-corrected chi connectivity index (χ4v) is 1.62. The molecule has 2 heteroatoms. The number of hydrogen-bond donors (Lipinski definition) is 1. The van der Waals surface area contributed by atoms with Crippen LogP contribution in [0.5, 0.6) is 0 Å². The first-order valence-electron chi connectivity index (χ1n) is 5.25. The molecule has 1 N–H and O–H groups in total. The normalized spacial score (nSPS) is 13.9. The van der Waals surface area contributed by atoms with Gasteiger partial charge in [-0.25, -0.2) is 0 Å². The van der Waals surface area contributed by atoms with Gasteiger partial charge in [0.25, 0.3) is 0 Å². The SMILES string of the molecule is COC(C)(C)CC(O)c1ccccc1C. The van der Waals surface area contributed by atoms with E-state index in [1.807, 2.05) is 45.0 Å². The molecule has 0 spiro atoms. The van der Waals surface area contributed by atoms with Crippen LogP contribution in [0.4, 0.5) is 0 Å². The molecule has 1 aromatic rings. The summed E-state index contributed by atoms with van der Waals surface area (Å²) in [6.07, 6.45) is 0.148. The first kappa shape index (κ1) is 12.2. The Balaban J connectivity index is 2.78. The van der Waals surface area contributed by atoms with Crippen molar-refractivity contribution in [1.29, 1.82) is 0 Å². The average molecular weight is 208 g/mol. The highest BCUT2D eigenvalue weighted by Crippen LogP contribution is 2.27. The van der Waals surface area contributed by atoms with Gasteiger partial charge in [-0.1, -0.05) is 24.3 Å². The molecule has 0 aliphatic heterocycles. The quantitative estimate of drug-likeness (QED) is 0.824. The highest BCUT2D eigenvalue weighted by atomic mass is 16.5. The van der Waals surface area contributed by atoms with Crippen LogP contribution in [0.1, 0.15) is 37.5 Å². The predicted molar refractivity (Wildman–Crippen MR) is 61.8 cm³/mol. The second kappa shape index (κ2) is 4.77. The van der Waals surface area contributed by atoms with Gasteiger partial charge in [-0.3, -0.25) is 0 Å². The maximum atomic E-state index is 10.1. The van der Waals surface area contributed by atoms with E-state index < -0.39 is 6.10 Å². The summed E-state index contributed by atoms with van der Waals surface area (Å²) in [6.45, 7) is 5.97. The Morgan fingerprint density at radius 2 is 1.93 bits per heavy atom. The Kier molecular flexibility index (Phi) is 3.89. The predicted octanol–water partition coefficient (Wildman–Crippen LogP) is 2.84. The van der Waals surface area contributed by atoms with E-state index in [1.165, 1.54) is 0 Å². The van der Waals surface area contributed by atoms with Crippen LogP contribution in [0.15, 0.2) is 24.3 Å². The summed E-state index contributed by atoms with van der Waals surface area (Å²) >= 11 is 0. The van der Waals surface area contributed by atoms with E-state index in [9.17, 15) is 5.11 Å². The summed E-state index contributed by atoms with van der Waals surface area (Å²) in [5, 5.41) is 10.1. The summed E-state index contributed by atoms with van der Waals surface area (Å²) in [6, 6.07) is 7.91. The maximum Gasteiger partial charge on any atom is 0.0819 e. The third-order valence-corrected chi connectivity index (χ3v) is 2.78. The zero-order valence-corrected chi connectivity index (χ0v) is 9.95. The van der Waals surface area contributed by atoms with E-state index in [0.717, 1.165) is 11.1 Å². The molecule has 0 fully saturated rings. The van der Waals surface area contributed by atoms with Gasteiger partial charge in [0.1, 0.15) is 0 Å². The molecule has 0 bridgehead atoms. The number of benzene rings is 1. The van der Waals surface area contributed by atoms with Crippen LogP contribution >= 0.6 is 0 Å². The van der Waals surface area contributed by atoms with Crippen LogP contribution in [-0.2, 0) is 4.74 Å². The highest BCUT2D eigenvalue weighted by molar-refractivity contribution is 5.27. The fourth-order valence-electron chi connectivity index (χ4n) is 1.62. The molecule has 1 unspecified atom stereocenters. The number of hydrogen-bond acceptors (Lipinski definition) is 2. The zero-order valence-electron chi connectivity index (χ0n) is 9.95. The van der Waals surface area contributed by atoms with E-state index in [4.69, 9.17) is 4.74 Å². The minimum Gasteiger partial charge on any atom is -0.388 e. The van der Waals surface area contributed by atoms with Crippen LogP contribution in [0.2, 0.25) is 0 Å². The van der Waals surface area contributed by atoms with Crippen LogP contribution in [0, 0.1) is 6.92 Å². The largest absolute Gasteiger partial charge is 0.388 e. The Hall–Kier alpha value is -0.860. The van der Waals surface area contributed by atoms with Crippen molar-refractivity contribution in [2.45, 2.75) is 38.9 Å². The number of rotatable bonds is 4. The third-order valence-electron chi connectivity index (χ3n) is 2.78. The molecular weight excluding hydrogens is 188 g/mol. The summed E-state index contributed by atoms with van der Waals surface area (Å²) in [5.74, 6) is 0. The molecule has 0 aromatic heterocycles. The molecule has 0 saturated carbocycles. The summed E-state index contributed by atoms with van der Waals surface area (Å²) in [4.78, 5) is 0. The lowest BCUT2D eigenvalue weighted by Gasteiger charge is -2.26. The van der Waals surface area contributed by atoms with Gasteiger partial charge in [-0.15, -0.1) is 0 Å². The Labute approximate surface area is 91.9 Å². The molecule has 0 heterocycles. The molecular formula is C13H20O2. The number of aliphatic hydroxyl groups is 1. The fraction of sp³-hybridized carbons (Fsp3) is 0.538. The van der Waals surface area contributed by atoms with Crippen molar-refractivity contribution in [2.24, 2.45) is 0 Å². The van der Waals surface area contributed by atoms with E-state index >= 15 is 0 Å². The van der Waals surface area contributed by atoms with Crippen molar-refractivity contribution in [3.05, 3.63) is 35.4 Å². The summed E-state index contributed by atoms with van der Waals surface area (Å²) in [5.41, 5.74) is 1.82. The topological polar surface area (TPSA) is 29.5 Å². The van der Waals surface area contributed by atoms with Crippen molar-refractivity contribution in [2.75, 3.05) is 7.11 Å². The maximum absolute atomic E-state index is 10.1. The smallest absolute Gasteiger partial charge is 0.0819 e. The molecule has 2 nitrogen and oxygen atoms in total. The molecule has 15 heavy (non-hydrogen) atoms. The van der Waals surface area contributed by atoms with Crippen LogP contribution in [0.3, 0.4) is 0 Å². The van der Waals surface area contributed by atoms with Gasteiger partial charge in [0.2, 0.25) is 0 Å². The van der Waals surface area contributed by atoms with E-state index in [-0.39, 0.29) is 5.60 Å². The second-order valence-corrected chi connectivity index (χ2v) is 4.54. The van der Waals surface area contributed by atoms with Gasteiger partial charge in [0, 0.05) is 13.5 Å². The van der Waals surface area contributed by atoms with Crippen molar-refractivity contribution in [1.82, 2.24) is 0 Å². The van der Waals surface area contributed by atoms with Gasteiger partial charge < -0.3 is 9.84 Å². The minimum atomic E-state index is -0.457. The van der Waals surface area contributed by atoms with Crippen molar-refractivity contribution in [3.63, 3.8) is 0 Å². The van der Waals surface area contributed by atoms with Crippen molar-refractivity contribution in [3.8, 4) is 0 Å². The molecule has 0 saturated heterocycles. The van der Waals surface area contributed by atoms with Crippen LogP contribution in [0.25, 0.3) is 0 Å². The standard InChI is InChI=1S/C13H20O2/c1-10-7-5-6-8-11(10)12(14)9-13(2,3)15-4/h5-8,12,14H,9H2,1-4H3. The summed E-state index contributed by atoms with van der Waals surface area (Å²) < 4.78 is 5.31. The average Bonchev–Trinajstić information content (AvgIpc) is 2.17. The molecule has 0 radical (unpaired) electrons. The van der Waals surface area contributed by atoms with Crippen LogP contribution < -0.4 is 0 Å². The zero-order chi connectivity index (χ0) is 11.5. The number of aliphatic hydroxyl groups excluding tert-OH is 1. The third kappa shape index (κ3) is 3.33. The van der Waals surface area contributed by atoms with Gasteiger partial charge in [-0.2, -0.15) is 0 Å². The number of aryl methyl sites for hydroxylation is 1. The molecule has 1 atom stereocenters. The van der Waals surface area contributed by atoms with E-state index in [1.54, 1.807) is 7.11 Å². The van der Waals surface area contributed by atoms with Gasteiger partial charge in [0.05, 0.1) is 11.7 Å². The van der Waals surface area contributed by atoms with Gasteiger partial charge in [-0.05, 0) is 31.9 Å². The van der Waals surface area contributed by atoms with Crippen molar-refractivity contribution < 1.29 is 9.84 Å². The van der Waals surface area contributed by atoms with Gasteiger partial charge in [0.15, 0.2) is 0 Å². The first-order valence-corrected chi connectivity index (χ1v) is 5.25. The molecule has 0 amide bonds. The number of ether oxygens (including phenoxy) is 1. The molecule has 84 valence electrons. The summed E-state index contributed by atoms with van der Waals surface area (Å²) in [7, 11) is 1.67. The highest BCUT2D eigenvalue weighted by Gasteiger charge is 2.22. The minimum absolute atomic E-state index is 0.290. The Bertz CT molecular complexity index is 318. The molecule has 1 aromatic carbocycles. The van der Waals surface area contributed by atoms with Crippen LogP contribution in [-0.4, -0.2) is 17.8 Å². The second-order valence-electron chi connectivity index (χ2n) is 4.54. The molecule has 1 rings (SSSR count). The number of methoxy groups -OCH3 is 1. The van der Waals surface area contributed by atoms with E-state index in [2.05, 4.69) is 0 Å². The molecule has 0 aliphatic rings. The first-order chi connectivity index (χ1) is 6.96. The monoisotopic (exact) mass is 208 g/mol. The lowest BCUT2D eigenvalue weighted by atomic mass is 9.93. The van der Waals surface area contributed by atoms with Crippen molar-refractivity contribution >= 4 is 0 Å². The Morgan fingerprint density at radius 3 is 2.47 bits per heavy atom. The van der Waals surface area contributed by atoms with Gasteiger partial charge >= 0.3 is 0 Å². The molecule has 0 aliphatic carbocycles. The Morgan fingerprint density at radius 1 is 1.33 bits per heavy atom. The van der Waals surface area contributed by atoms with E-state index in [0.29, 0.717) is 6.42 Å². The lowest BCUT2D eigenvalue weighted by molar-refractivity contribution is -0.0202.